The van der Waals surface area contributed by atoms with Gasteiger partial charge in [0.1, 0.15) is 17.3 Å². The summed E-state index contributed by atoms with van der Waals surface area (Å²) in [5, 5.41) is 11.2. The quantitative estimate of drug-likeness (QED) is 0.185. The van der Waals surface area contributed by atoms with Gasteiger partial charge in [0.2, 0.25) is 0 Å². The number of aliphatic hydroxyl groups is 1. The summed E-state index contributed by atoms with van der Waals surface area (Å²) in [5.41, 5.74) is 1.23. The fourth-order valence-corrected chi connectivity index (χ4v) is 4.03. The topological polar surface area (TPSA) is 85.3 Å². The third-order valence-electron chi connectivity index (χ3n) is 5.83. The number of benzene rings is 2. The van der Waals surface area contributed by atoms with Crippen LogP contribution in [0.1, 0.15) is 56.7 Å². The zero-order valence-electron chi connectivity index (χ0n) is 20.8. The Morgan fingerprint density at radius 1 is 0.914 bits per heavy atom. The van der Waals surface area contributed by atoms with Gasteiger partial charge in [-0.2, -0.15) is 0 Å². The van der Waals surface area contributed by atoms with Crippen molar-refractivity contribution in [2.45, 2.75) is 45.6 Å². The minimum absolute atomic E-state index is 0.0698. The molecule has 7 heteroatoms. The van der Waals surface area contributed by atoms with Crippen molar-refractivity contribution in [3.05, 3.63) is 65.2 Å². The maximum absolute atomic E-state index is 13.2. The van der Waals surface area contributed by atoms with Crippen molar-refractivity contribution in [3.63, 3.8) is 0 Å². The lowest BCUT2D eigenvalue weighted by molar-refractivity contribution is -0.140. The average molecular weight is 482 g/mol. The first kappa shape index (κ1) is 26.3. The van der Waals surface area contributed by atoms with E-state index >= 15 is 0 Å². The number of ketones is 1. The molecule has 0 spiro atoms. The highest BCUT2D eigenvalue weighted by atomic mass is 16.5. The lowest BCUT2D eigenvalue weighted by Gasteiger charge is -2.25. The normalized spacial score (nSPS) is 17.1. The molecular formula is C28H35NO6. The summed E-state index contributed by atoms with van der Waals surface area (Å²) in [5.74, 6) is -0.198. The number of carbonyl (C=O) groups is 2. The molecule has 2 aromatic carbocycles. The maximum Gasteiger partial charge on any atom is 0.295 e. The zero-order valence-corrected chi connectivity index (χ0v) is 20.8. The first-order chi connectivity index (χ1) is 17.0. The molecule has 1 aliphatic heterocycles. The molecule has 0 bridgehead atoms. The van der Waals surface area contributed by atoms with Gasteiger partial charge >= 0.3 is 0 Å². The number of Topliss-reactive ketones (excluding diaryl/α,β-unsaturated/α-hetero) is 1. The number of aliphatic hydroxyl groups excluding tert-OH is 1. The second kappa shape index (κ2) is 13.0. The Balaban J connectivity index is 2.01. The summed E-state index contributed by atoms with van der Waals surface area (Å²) in [7, 11) is 1.59. The summed E-state index contributed by atoms with van der Waals surface area (Å²) in [6.07, 6.45) is 3.39. The molecule has 188 valence electrons. The molecule has 0 saturated carbocycles. The Bertz CT molecular complexity index is 1030. The van der Waals surface area contributed by atoms with Crippen molar-refractivity contribution >= 4 is 17.4 Å². The number of hydrogen-bond donors (Lipinski definition) is 1. The number of methoxy groups -OCH3 is 1. The van der Waals surface area contributed by atoms with E-state index in [4.69, 9.17) is 14.2 Å². The standard InChI is InChI=1S/C28H35NO6/c1-4-6-18-35-23-10-7-9-21(19-23)25-24(27(31)28(32)29(25)15-8-17-33-3)26(30)20-11-13-22(14-12-20)34-16-5-2/h7,9-14,19,25,30H,4-6,8,15-18H2,1-3H3/b26-24+. The third kappa shape index (κ3) is 6.42. The van der Waals surface area contributed by atoms with E-state index in [-0.39, 0.29) is 11.3 Å². The van der Waals surface area contributed by atoms with Gasteiger partial charge in [-0.1, -0.05) is 32.4 Å². The third-order valence-corrected chi connectivity index (χ3v) is 5.83. The SMILES string of the molecule is CCCCOc1cccc(C2/C(=C(\O)c3ccc(OCCC)cc3)C(=O)C(=O)N2CCCOC)c1. The summed E-state index contributed by atoms with van der Waals surface area (Å²) in [4.78, 5) is 27.7. The molecule has 1 heterocycles. The maximum atomic E-state index is 13.2. The van der Waals surface area contributed by atoms with Crippen LogP contribution in [0, 0.1) is 0 Å². The number of amides is 1. The van der Waals surface area contributed by atoms with Crippen LogP contribution in [0.15, 0.2) is 54.1 Å². The summed E-state index contributed by atoms with van der Waals surface area (Å²) in [6.45, 7) is 6.07. The molecule has 0 radical (unpaired) electrons. The molecule has 0 aliphatic carbocycles. The number of hydrogen-bond acceptors (Lipinski definition) is 6. The minimum Gasteiger partial charge on any atom is -0.507 e. The van der Waals surface area contributed by atoms with Gasteiger partial charge in [0.25, 0.3) is 11.7 Å². The smallest absolute Gasteiger partial charge is 0.295 e. The van der Waals surface area contributed by atoms with Gasteiger partial charge in [-0.3, -0.25) is 9.59 Å². The Kier molecular flexibility index (Phi) is 9.73. The van der Waals surface area contributed by atoms with Gasteiger partial charge in [-0.05, 0) is 61.2 Å². The number of rotatable bonds is 13. The molecule has 1 unspecified atom stereocenters. The van der Waals surface area contributed by atoms with Crippen LogP contribution in [-0.4, -0.2) is 55.2 Å². The van der Waals surface area contributed by atoms with Crippen molar-refractivity contribution in [2.24, 2.45) is 0 Å². The molecule has 35 heavy (non-hydrogen) atoms. The average Bonchev–Trinajstić information content (AvgIpc) is 3.13. The van der Waals surface area contributed by atoms with E-state index in [2.05, 4.69) is 6.92 Å². The summed E-state index contributed by atoms with van der Waals surface area (Å²) >= 11 is 0. The van der Waals surface area contributed by atoms with Gasteiger partial charge in [0, 0.05) is 25.8 Å². The van der Waals surface area contributed by atoms with Crippen LogP contribution in [0.25, 0.3) is 5.76 Å². The van der Waals surface area contributed by atoms with Gasteiger partial charge in [0.15, 0.2) is 0 Å². The molecule has 0 aromatic heterocycles. The van der Waals surface area contributed by atoms with E-state index in [0.717, 1.165) is 19.3 Å². The van der Waals surface area contributed by atoms with Crippen LogP contribution in [0.4, 0.5) is 0 Å². The van der Waals surface area contributed by atoms with Crippen LogP contribution < -0.4 is 9.47 Å². The van der Waals surface area contributed by atoms with Crippen molar-refractivity contribution < 1.29 is 28.9 Å². The second-order valence-electron chi connectivity index (χ2n) is 8.49. The first-order valence-electron chi connectivity index (χ1n) is 12.2. The molecule has 1 N–H and O–H groups in total. The van der Waals surface area contributed by atoms with Gasteiger partial charge in [-0.25, -0.2) is 0 Å². The lowest BCUT2D eigenvalue weighted by Crippen LogP contribution is -2.31. The van der Waals surface area contributed by atoms with Crippen LogP contribution in [0.2, 0.25) is 0 Å². The van der Waals surface area contributed by atoms with Crippen LogP contribution in [-0.2, 0) is 14.3 Å². The van der Waals surface area contributed by atoms with Gasteiger partial charge < -0.3 is 24.2 Å². The van der Waals surface area contributed by atoms with E-state index in [1.165, 1.54) is 4.90 Å². The Morgan fingerprint density at radius 3 is 2.34 bits per heavy atom. The summed E-state index contributed by atoms with van der Waals surface area (Å²) in [6, 6.07) is 13.5. The number of carbonyl (C=O) groups excluding carboxylic acids is 2. The van der Waals surface area contributed by atoms with E-state index in [1.807, 2.05) is 31.2 Å². The summed E-state index contributed by atoms with van der Waals surface area (Å²) < 4.78 is 16.6. The second-order valence-corrected chi connectivity index (χ2v) is 8.49. The van der Waals surface area contributed by atoms with Crippen molar-refractivity contribution in [2.75, 3.05) is 33.5 Å². The first-order valence-corrected chi connectivity index (χ1v) is 12.2. The largest absolute Gasteiger partial charge is 0.507 e. The van der Waals surface area contributed by atoms with Gasteiger partial charge in [0.05, 0.1) is 24.8 Å². The molecule has 1 aliphatic rings. The molecule has 7 nitrogen and oxygen atoms in total. The number of likely N-dealkylation sites (tertiary alicyclic amines) is 1. The van der Waals surface area contributed by atoms with Crippen LogP contribution in [0.3, 0.4) is 0 Å². The van der Waals surface area contributed by atoms with E-state index in [0.29, 0.717) is 55.4 Å². The monoisotopic (exact) mass is 481 g/mol. The highest BCUT2D eigenvalue weighted by Gasteiger charge is 2.45. The van der Waals surface area contributed by atoms with Crippen molar-refractivity contribution in [3.8, 4) is 11.5 Å². The molecule has 2 aromatic rings. The highest BCUT2D eigenvalue weighted by molar-refractivity contribution is 6.46. The number of unbranched alkanes of at least 4 members (excludes halogenated alkanes) is 1. The molecule has 1 saturated heterocycles. The lowest BCUT2D eigenvalue weighted by atomic mass is 9.95. The van der Waals surface area contributed by atoms with Crippen LogP contribution in [0.5, 0.6) is 11.5 Å². The Hall–Kier alpha value is -3.32. The van der Waals surface area contributed by atoms with E-state index < -0.39 is 17.7 Å². The van der Waals surface area contributed by atoms with Gasteiger partial charge in [-0.15, -0.1) is 0 Å². The zero-order chi connectivity index (χ0) is 25.2. The van der Waals surface area contributed by atoms with E-state index in [9.17, 15) is 14.7 Å². The number of ether oxygens (including phenoxy) is 3. The van der Waals surface area contributed by atoms with Crippen molar-refractivity contribution in [1.29, 1.82) is 0 Å². The number of nitrogens with zero attached hydrogens (tertiary/aromatic N) is 1. The van der Waals surface area contributed by atoms with Crippen molar-refractivity contribution in [1.82, 2.24) is 4.90 Å². The molecule has 3 rings (SSSR count). The predicted octanol–water partition coefficient (Wildman–Crippen LogP) is 5.11. The molecule has 1 amide bonds. The molecule has 1 atom stereocenters. The fraction of sp³-hybridized carbons (Fsp3) is 0.429. The Labute approximate surface area is 207 Å². The van der Waals surface area contributed by atoms with Crippen LogP contribution >= 0.6 is 0 Å². The minimum atomic E-state index is -0.724. The highest BCUT2D eigenvalue weighted by Crippen LogP contribution is 2.40. The fourth-order valence-electron chi connectivity index (χ4n) is 4.03. The van der Waals surface area contributed by atoms with E-state index in [1.54, 1.807) is 31.4 Å². The molecule has 1 fully saturated rings. The molecular weight excluding hydrogens is 446 g/mol. The Morgan fingerprint density at radius 2 is 1.66 bits per heavy atom. The predicted molar refractivity (Wildman–Crippen MR) is 135 cm³/mol.